The average molecular weight is 402 g/mol. The maximum Gasteiger partial charge on any atom is 0.261 e. The summed E-state index contributed by atoms with van der Waals surface area (Å²) in [6, 6.07) is 21.2. The molecule has 6 heteroatoms. The number of benzene rings is 4. The molecule has 0 aliphatic rings. The maximum atomic E-state index is 12.8. The largest absolute Gasteiger partial charge is 0.277 e. The van der Waals surface area contributed by atoms with Crippen molar-refractivity contribution in [2.24, 2.45) is 0 Å². The summed E-state index contributed by atoms with van der Waals surface area (Å²) in [6.45, 7) is 0. The number of hydrogen-bond donors (Lipinski definition) is 1. The summed E-state index contributed by atoms with van der Waals surface area (Å²) >= 11 is 12.4. The van der Waals surface area contributed by atoms with Crippen molar-refractivity contribution in [3.05, 3.63) is 82.8 Å². The van der Waals surface area contributed by atoms with E-state index in [4.69, 9.17) is 23.2 Å². The van der Waals surface area contributed by atoms with Crippen molar-refractivity contribution in [1.82, 2.24) is 0 Å². The SMILES string of the molecule is O=S(=O)(Nc1c(Cl)c2ccccc2c2ccccc12)c1ccc(Cl)cc1. The van der Waals surface area contributed by atoms with Gasteiger partial charge < -0.3 is 0 Å². The summed E-state index contributed by atoms with van der Waals surface area (Å²) in [5.74, 6) is 0. The molecule has 0 fully saturated rings. The van der Waals surface area contributed by atoms with Gasteiger partial charge in [-0.1, -0.05) is 71.7 Å². The first-order chi connectivity index (χ1) is 12.5. The number of nitrogens with one attached hydrogen (secondary N) is 1. The van der Waals surface area contributed by atoms with E-state index in [1.807, 2.05) is 48.5 Å². The van der Waals surface area contributed by atoms with Gasteiger partial charge in [0.1, 0.15) is 0 Å². The van der Waals surface area contributed by atoms with Gasteiger partial charge in [0.25, 0.3) is 10.0 Å². The molecule has 4 aromatic carbocycles. The van der Waals surface area contributed by atoms with Crippen molar-refractivity contribution >= 4 is 60.5 Å². The average Bonchev–Trinajstić information content (AvgIpc) is 2.65. The third kappa shape index (κ3) is 2.90. The van der Waals surface area contributed by atoms with Crippen LogP contribution in [-0.4, -0.2) is 8.42 Å². The van der Waals surface area contributed by atoms with Gasteiger partial charge in [-0.3, -0.25) is 4.72 Å². The predicted molar refractivity (Wildman–Crippen MR) is 109 cm³/mol. The molecule has 0 saturated carbocycles. The van der Waals surface area contributed by atoms with Gasteiger partial charge in [0.05, 0.1) is 15.6 Å². The summed E-state index contributed by atoms with van der Waals surface area (Å²) in [6.07, 6.45) is 0. The van der Waals surface area contributed by atoms with Crippen LogP contribution in [0, 0.1) is 0 Å². The Balaban J connectivity index is 1.96. The number of hydrogen-bond acceptors (Lipinski definition) is 2. The number of anilines is 1. The fraction of sp³-hybridized carbons (Fsp3) is 0. The van der Waals surface area contributed by atoms with Crippen LogP contribution in [0.15, 0.2) is 77.7 Å². The Morgan fingerprint density at radius 2 is 1.15 bits per heavy atom. The van der Waals surface area contributed by atoms with Gasteiger partial charge in [0.15, 0.2) is 0 Å². The van der Waals surface area contributed by atoms with E-state index in [0.717, 1.165) is 21.5 Å². The molecule has 0 radical (unpaired) electrons. The minimum Gasteiger partial charge on any atom is -0.277 e. The van der Waals surface area contributed by atoms with E-state index in [0.29, 0.717) is 15.7 Å². The van der Waals surface area contributed by atoms with Gasteiger partial charge in [-0.2, -0.15) is 0 Å². The second-order valence-corrected chi connectivity index (χ2v) is 8.34. The van der Waals surface area contributed by atoms with Crippen LogP contribution in [0.5, 0.6) is 0 Å². The summed E-state index contributed by atoms with van der Waals surface area (Å²) < 4.78 is 28.3. The van der Waals surface area contributed by atoms with Crippen LogP contribution in [0.4, 0.5) is 5.69 Å². The van der Waals surface area contributed by atoms with Gasteiger partial charge in [-0.25, -0.2) is 8.42 Å². The molecule has 1 N–H and O–H groups in total. The Kier molecular flexibility index (Phi) is 4.27. The van der Waals surface area contributed by atoms with E-state index in [2.05, 4.69) is 4.72 Å². The van der Waals surface area contributed by atoms with E-state index in [1.54, 1.807) is 0 Å². The van der Waals surface area contributed by atoms with Crippen LogP contribution < -0.4 is 4.72 Å². The van der Waals surface area contributed by atoms with E-state index < -0.39 is 10.0 Å². The van der Waals surface area contributed by atoms with Gasteiger partial charge in [-0.15, -0.1) is 0 Å². The van der Waals surface area contributed by atoms with Gasteiger partial charge in [0.2, 0.25) is 0 Å². The minimum absolute atomic E-state index is 0.121. The molecule has 4 rings (SSSR count). The predicted octanol–water partition coefficient (Wildman–Crippen LogP) is 6.10. The molecule has 0 amide bonds. The first kappa shape index (κ1) is 17.2. The lowest BCUT2D eigenvalue weighted by Gasteiger charge is -2.15. The smallest absolute Gasteiger partial charge is 0.261 e. The van der Waals surface area contributed by atoms with E-state index >= 15 is 0 Å². The van der Waals surface area contributed by atoms with Crippen molar-refractivity contribution < 1.29 is 8.42 Å². The highest BCUT2D eigenvalue weighted by atomic mass is 35.5. The van der Waals surface area contributed by atoms with Crippen LogP contribution in [0.2, 0.25) is 10.0 Å². The van der Waals surface area contributed by atoms with Crippen molar-refractivity contribution in [3.8, 4) is 0 Å². The Labute approximate surface area is 161 Å². The Morgan fingerprint density at radius 1 is 0.654 bits per heavy atom. The number of fused-ring (bicyclic) bond motifs is 3. The zero-order valence-electron chi connectivity index (χ0n) is 13.4. The van der Waals surface area contributed by atoms with Crippen molar-refractivity contribution in [3.63, 3.8) is 0 Å². The molecular formula is C20H13Cl2NO2S. The molecule has 0 saturated heterocycles. The fourth-order valence-corrected chi connectivity index (χ4v) is 4.59. The molecule has 0 unspecified atom stereocenters. The fourth-order valence-electron chi connectivity index (χ4n) is 3.01. The first-order valence-corrected chi connectivity index (χ1v) is 10.1. The third-order valence-electron chi connectivity index (χ3n) is 4.23. The molecule has 0 aliphatic carbocycles. The summed E-state index contributed by atoms with van der Waals surface area (Å²) in [7, 11) is -3.81. The van der Waals surface area contributed by atoms with Crippen molar-refractivity contribution in [1.29, 1.82) is 0 Å². The molecular weight excluding hydrogens is 389 g/mol. The van der Waals surface area contributed by atoms with E-state index in [-0.39, 0.29) is 4.90 Å². The lowest BCUT2D eigenvalue weighted by molar-refractivity contribution is 0.601. The van der Waals surface area contributed by atoms with Crippen LogP contribution >= 0.6 is 23.2 Å². The zero-order chi connectivity index (χ0) is 18.3. The maximum absolute atomic E-state index is 12.8. The topological polar surface area (TPSA) is 46.2 Å². The van der Waals surface area contributed by atoms with E-state index in [1.165, 1.54) is 24.3 Å². The molecule has 130 valence electrons. The lowest BCUT2D eigenvalue weighted by Crippen LogP contribution is -2.13. The second-order valence-electron chi connectivity index (χ2n) is 5.84. The molecule has 0 bridgehead atoms. The monoisotopic (exact) mass is 401 g/mol. The molecule has 4 aromatic rings. The molecule has 0 spiro atoms. The van der Waals surface area contributed by atoms with E-state index in [9.17, 15) is 8.42 Å². The molecule has 0 heterocycles. The molecule has 26 heavy (non-hydrogen) atoms. The van der Waals surface area contributed by atoms with Crippen molar-refractivity contribution in [2.45, 2.75) is 4.90 Å². The highest BCUT2D eigenvalue weighted by molar-refractivity contribution is 7.92. The first-order valence-electron chi connectivity index (χ1n) is 7.85. The Hall–Kier alpha value is -2.27. The van der Waals surface area contributed by atoms with Crippen molar-refractivity contribution in [2.75, 3.05) is 4.72 Å². The van der Waals surface area contributed by atoms with Crippen LogP contribution in [0.3, 0.4) is 0 Å². The highest BCUT2D eigenvalue weighted by Gasteiger charge is 2.19. The number of sulfonamides is 1. The summed E-state index contributed by atoms with van der Waals surface area (Å²) in [4.78, 5) is 0.121. The Bertz CT molecular complexity index is 1240. The Morgan fingerprint density at radius 3 is 1.77 bits per heavy atom. The third-order valence-corrected chi connectivity index (χ3v) is 6.24. The highest BCUT2D eigenvalue weighted by Crippen LogP contribution is 2.40. The van der Waals surface area contributed by atoms with Gasteiger partial charge >= 0.3 is 0 Å². The quantitative estimate of drug-likeness (QED) is 0.421. The molecule has 3 nitrogen and oxygen atoms in total. The zero-order valence-corrected chi connectivity index (χ0v) is 15.7. The van der Waals surface area contributed by atoms with Gasteiger partial charge in [-0.05, 0) is 35.0 Å². The molecule has 0 aromatic heterocycles. The standard InChI is InChI=1S/C20H13Cl2NO2S/c21-13-9-11-14(12-10-13)26(24,25)23-20-18-8-4-2-6-16(18)15-5-1-3-7-17(15)19(20)22/h1-12,23H. The minimum atomic E-state index is -3.81. The normalized spacial score (nSPS) is 11.8. The summed E-state index contributed by atoms with van der Waals surface area (Å²) in [5.41, 5.74) is 0.371. The summed E-state index contributed by atoms with van der Waals surface area (Å²) in [5, 5.41) is 4.29. The molecule has 0 atom stereocenters. The van der Waals surface area contributed by atoms with Crippen LogP contribution in [0.25, 0.3) is 21.5 Å². The number of rotatable bonds is 3. The van der Waals surface area contributed by atoms with Crippen LogP contribution in [0.1, 0.15) is 0 Å². The lowest BCUT2D eigenvalue weighted by atomic mass is 10.0. The number of halogens is 2. The van der Waals surface area contributed by atoms with Crippen LogP contribution in [-0.2, 0) is 10.0 Å². The van der Waals surface area contributed by atoms with Gasteiger partial charge in [0, 0.05) is 15.8 Å². The second kappa shape index (κ2) is 6.47. The molecule has 0 aliphatic heterocycles.